The van der Waals surface area contributed by atoms with Crippen LogP contribution in [0.2, 0.25) is 0 Å². The first-order chi connectivity index (χ1) is 12.4. The molecule has 1 aromatic carbocycles. The molecule has 26 heavy (non-hydrogen) atoms. The van der Waals surface area contributed by atoms with Gasteiger partial charge in [-0.15, -0.1) is 10.2 Å². The molecule has 0 radical (unpaired) electrons. The lowest BCUT2D eigenvalue weighted by molar-refractivity contribution is 0.349. The number of anilines is 1. The summed E-state index contributed by atoms with van der Waals surface area (Å²) in [6.45, 7) is 4.05. The van der Waals surface area contributed by atoms with Gasteiger partial charge in [-0.05, 0) is 56.5 Å². The molecular formula is C19H26N4O2S. The highest BCUT2D eigenvalue weighted by Gasteiger charge is 2.21. The molecule has 3 rings (SSSR count). The number of hydrogen-bond acceptors (Lipinski definition) is 5. The molecule has 2 atom stereocenters. The molecule has 1 heterocycles. The normalized spacial score (nSPS) is 20.7. The molecule has 1 aliphatic rings. The molecule has 6 nitrogen and oxygen atoms in total. The molecule has 0 bridgehead atoms. The average molecular weight is 375 g/mol. The van der Waals surface area contributed by atoms with Gasteiger partial charge in [-0.25, -0.2) is 13.1 Å². The number of aryl methyl sites for hydroxylation is 1. The van der Waals surface area contributed by atoms with E-state index >= 15 is 0 Å². The molecule has 0 aliphatic heterocycles. The van der Waals surface area contributed by atoms with Crippen LogP contribution in [0.25, 0.3) is 11.3 Å². The van der Waals surface area contributed by atoms with Crippen molar-refractivity contribution in [3.05, 3.63) is 35.9 Å². The SMILES string of the molecule is CNS(=O)(=O)c1cc(-c2ccc(N[C@H]3CCCC[C@@H]3C)nn2)ccc1C. The zero-order valence-electron chi connectivity index (χ0n) is 15.5. The van der Waals surface area contributed by atoms with Crippen LogP contribution in [0.3, 0.4) is 0 Å². The number of aromatic nitrogens is 2. The van der Waals surface area contributed by atoms with Gasteiger partial charge in [0.05, 0.1) is 10.6 Å². The Hall–Kier alpha value is -1.99. The van der Waals surface area contributed by atoms with Crippen LogP contribution in [0.15, 0.2) is 35.2 Å². The Labute approximate surface area is 155 Å². The first kappa shape index (κ1) is 18.8. The fraction of sp³-hybridized carbons (Fsp3) is 0.474. The average Bonchev–Trinajstić information content (AvgIpc) is 2.64. The predicted octanol–water partition coefficient (Wildman–Crippen LogP) is 3.35. The fourth-order valence-corrected chi connectivity index (χ4v) is 4.44. The van der Waals surface area contributed by atoms with E-state index in [4.69, 9.17) is 0 Å². The van der Waals surface area contributed by atoms with Gasteiger partial charge in [-0.2, -0.15) is 0 Å². The maximum Gasteiger partial charge on any atom is 0.240 e. The summed E-state index contributed by atoms with van der Waals surface area (Å²) in [7, 11) is -2.09. The van der Waals surface area contributed by atoms with Gasteiger partial charge < -0.3 is 5.32 Å². The first-order valence-corrected chi connectivity index (χ1v) is 10.5. The van der Waals surface area contributed by atoms with E-state index < -0.39 is 10.0 Å². The quantitative estimate of drug-likeness (QED) is 0.838. The van der Waals surface area contributed by atoms with Gasteiger partial charge in [0.25, 0.3) is 0 Å². The monoisotopic (exact) mass is 374 g/mol. The van der Waals surface area contributed by atoms with Crippen molar-refractivity contribution in [1.82, 2.24) is 14.9 Å². The molecule has 0 spiro atoms. The number of rotatable bonds is 5. The van der Waals surface area contributed by atoms with Gasteiger partial charge in [0.2, 0.25) is 10.0 Å². The fourth-order valence-electron chi connectivity index (χ4n) is 3.44. The second-order valence-electron chi connectivity index (χ2n) is 7.00. The third-order valence-corrected chi connectivity index (χ3v) is 6.71. The Balaban J connectivity index is 1.81. The summed E-state index contributed by atoms with van der Waals surface area (Å²) in [5.41, 5.74) is 2.08. The smallest absolute Gasteiger partial charge is 0.240 e. The van der Waals surface area contributed by atoms with Crippen molar-refractivity contribution in [2.75, 3.05) is 12.4 Å². The number of nitrogens with one attached hydrogen (secondary N) is 2. The van der Waals surface area contributed by atoms with E-state index in [1.807, 2.05) is 18.2 Å². The molecule has 0 saturated heterocycles. The van der Waals surface area contributed by atoms with Crippen molar-refractivity contribution in [3.8, 4) is 11.3 Å². The summed E-state index contributed by atoms with van der Waals surface area (Å²) in [4.78, 5) is 0.262. The highest BCUT2D eigenvalue weighted by Crippen LogP contribution is 2.27. The second-order valence-corrected chi connectivity index (χ2v) is 8.86. The zero-order chi connectivity index (χ0) is 18.7. The van der Waals surface area contributed by atoms with E-state index in [0.29, 0.717) is 23.2 Å². The summed E-state index contributed by atoms with van der Waals surface area (Å²) < 4.78 is 26.7. The molecular weight excluding hydrogens is 348 g/mol. The van der Waals surface area contributed by atoms with Crippen molar-refractivity contribution in [1.29, 1.82) is 0 Å². The van der Waals surface area contributed by atoms with Crippen LogP contribution in [0.1, 0.15) is 38.2 Å². The van der Waals surface area contributed by atoms with Crippen molar-refractivity contribution >= 4 is 15.8 Å². The third kappa shape index (κ3) is 4.04. The standard InChI is InChI=1S/C19H26N4O2S/c1-13-6-4-5-7-16(13)21-19-11-10-17(22-23-19)15-9-8-14(2)18(12-15)26(24,25)20-3/h8-13,16,20H,4-7H2,1-3H3,(H,21,23)/t13-,16-/m0/s1. The summed E-state index contributed by atoms with van der Waals surface area (Å²) in [6, 6.07) is 9.53. The maximum atomic E-state index is 12.2. The molecule has 2 aromatic rings. The highest BCUT2D eigenvalue weighted by atomic mass is 32.2. The molecule has 2 N–H and O–H groups in total. The van der Waals surface area contributed by atoms with Gasteiger partial charge in [-0.1, -0.05) is 31.9 Å². The Morgan fingerprint density at radius 1 is 1.08 bits per heavy atom. The molecule has 140 valence electrons. The Kier molecular flexibility index (Phi) is 5.58. The Morgan fingerprint density at radius 3 is 2.50 bits per heavy atom. The zero-order valence-corrected chi connectivity index (χ0v) is 16.3. The van der Waals surface area contributed by atoms with Crippen LogP contribution in [0.4, 0.5) is 5.82 Å². The number of benzene rings is 1. The molecule has 1 fully saturated rings. The summed E-state index contributed by atoms with van der Waals surface area (Å²) in [5, 5.41) is 12.1. The van der Waals surface area contributed by atoms with E-state index in [-0.39, 0.29) is 4.90 Å². The lowest BCUT2D eigenvalue weighted by atomic mass is 9.86. The lowest BCUT2D eigenvalue weighted by Crippen LogP contribution is -2.30. The summed E-state index contributed by atoms with van der Waals surface area (Å²) in [5.74, 6) is 1.40. The van der Waals surface area contributed by atoms with Crippen LogP contribution < -0.4 is 10.0 Å². The van der Waals surface area contributed by atoms with Crippen LogP contribution in [0, 0.1) is 12.8 Å². The minimum Gasteiger partial charge on any atom is -0.366 e. The number of hydrogen-bond donors (Lipinski definition) is 2. The molecule has 0 unspecified atom stereocenters. The minimum absolute atomic E-state index is 0.262. The summed E-state index contributed by atoms with van der Waals surface area (Å²) >= 11 is 0. The van der Waals surface area contributed by atoms with Crippen LogP contribution in [0.5, 0.6) is 0 Å². The van der Waals surface area contributed by atoms with Gasteiger partial charge in [0.15, 0.2) is 0 Å². The van der Waals surface area contributed by atoms with Crippen molar-refractivity contribution in [3.63, 3.8) is 0 Å². The summed E-state index contributed by atoms with van der Waals surface area (Å²) in [6.07, 6.45) is 4.96. The number of sulfonamides is 1. The van der Waals surface area contributed by atoms with Crippen molar-refractivity contribution in [2.45, 2.75) is 50.5 Å². The van der Waals surface area contributed by atoms with Crippen LogP contribution in [-0.2, 0) is 10.0 Å². The lowest BCUT2D eigenvalue weighted by Gasteiger charge is -2.29. The molecule has 1 aliphatic carbocycles. The topological polar surface area (TPSA) is 84.0 Å². The molecule has 1 aromatic heterocycles. The van der Waals surface area contributed by atoms with Gasteiger partial charge in [-0.3, -0.25) is 0 Å². The highest BCUT2D eigenvalue weighted by molar-refractivity contribution is 7.89. The van der Waals surface area contributed by atoms with Crippen LogP contribution >= 0.6 is 0 Å². The maximum absolute atomic E-state index is 12.2. The van der Waals surface area contributed by atoms with E-state index in [1.165, 1.54) is 26.3 Å². The van der Waals surface area contributed by atoms with E-state index in [2.05, 4.69) is 27.2 Å². The molecule has 0 amide bonds. The Bertz CT molecular complexity index is 866. The molecule has 1 saturated carbocycles. The first-order valence-electron chi connectivity index (χ1n) is 9.05. The van der Waals surface area contributed by atoms with E-state index in [1.54, 1.807) is 19.1 Å². The minimum atomic E-state index is -3.50. The Morgan fingerprint density at radius 2 is 1.85 bits per heavy atom. The van der Waals surface area contributed by atoms with Gasteiger partial charge in [0.1, 0.15) is 5.82 Å². The second kappa shape index (κ2) is 7.72. The molecule has 7 heteroatoms. The van der Waals surface area contributed by atoms with E-state index in [0.717, 1.165) is 17.8 Å². The van der Waals surface area contributed by atoms with Crippen LogP contribution in [-0.4, -0.2) is 31.7 Å². The van der Waals surface area contributed by atoms with Gasteiger partial charge >= 0.3 is 0 Å². The van der Waals surface area contributed by atoms with Crippen molar-refractivity contribution < 1.29 is 8.42 Å². The number of nitrogens with zero attached hydrogens (tertiary/aromatic N) is 2. The third-order valence-electron chi connectivity index (χ3n) is 5.15. The predicted molar refractivity (Wildman–Crippen MR) is 103 cm³/mol. The van der Waals surface area contributed by atoms with Gasteiger partial charge in [0, 0.05) is 11.6 Å². The van der Waals surface area contributed by atoms with Crippen molar-refractivity contribution in [2.24, 2.45) is 5.92 Å². The largest absolute Gasteiger partial charge is 0.366 e. The van der Waals surface area contributed by atoms with E-state index in [9.17, 15) is 8.42 Å².